The maximum absolute atomic E-state index is 12.4. The molecular formula is C17H20ClN3O4. The van der Waals surface area contributed by atoms with Crippen molar-refractivity contribution in [2.45, 2.75) is 39.0 Å². The van der Waals surface area contributed by atoms with Crippen molar-refractivity contribution in [3.63, 3.8) is 0 Å². The van der Waals surface area contributed by atoms with E-state index < -0.39 is 0 Å². The molecule has 0 bridgehead atoms. The number of halogens is 1. The summed E-state index contributed by atoms with van der Waals surface area (Å²) in [7, 11) is 0. The minimum Gasteiger partial charge on any atom is -0.379 e. The number of hydrogen-bond acceptors (Lipinski definition) is 6. The van der Waals surface area contributed by atoms with E-state index in [1.807, 2.05) is 13.8 Å². The van der Waals surface area contributed by atoms with Gasteiger partial charge >= 0.3 is 0 Å². The van der Waals surface area contributed by atoms with Crippen LogP contribution in [0.3, 0.4) is 0 Å². The highest BCUT2D eigenvalue weighted by Crippen LogP contribution is 2.18. The fourth-order valence-electron chi connectivity index (χ4n) is 2.73. The first-order chi connectivity index (χ1) is 12.0. The first-order valence-corrected chi connectivity index (χ1v) is 8.45. The molecule has 3 heterocycles. The number of amides is 1. The van der Waals surface area contributed by atoms with Crippen molar-refractivity contribution in [1.82, 2.24) is 15.5 Å². The van der Waals surface area contributed by atoms with Crippen LogP contribution in [0.15, 0.2) is 23.0 Å². The Balaban J connectivity index is 1.63. The molecule has 1 fully saturated rings. The summed E-state index contributed by atoms with van der Waals surface area (Å²) in [6.07, 6.45) is 3.40. The van der Waals surface area contributed by atoms with Crippen LogP contribution in [0.2, 0.25) is 5.02 Å². The first kappa shape index (κ1) is 17.8. The predicted molar refractivity (Wildman–Crippen MR) is 90.5 cm³/mol. The van der Waals surface area contributed by atoms with Gasteiger partial charge in [0.1, 0.15) is 11.9 Å². The van der Waals surface area contributed by atoms with Gasteiger partial charge in [-0.3, -0.25) is 9.78 Å². The molecule has 1 aliphatic rings. The summed E-state index contributed by atoms with van der Waals surface area (Å²) in [6.45, 7) is 5.08. The largest absolute Gasteiger partial charge is 0.379 e. The van der Waals surface area contributed by atoms with Crippen LogP contribution in [0.1, 0.15) is 33.8 Å². The normalized spacial score (nSPS) is 20.4. The van der Waals surface area contributed by atoms with E-state index in [4.69, 9.17) is 25.6 Å². The second-order valence-electron chi connectivity index (χ2n) is 5.99. The second-order valence-corrected chi connectivity index (χ2v) is 6.42. The highest BCUT2D eigenvalue weighted by molar-refractivity contribution is 6.30. The van der Waals surface area contributed by atoms with Crippen LogP contribution in [0.4, 0.5) is 0 Å². The number of carbonyl (C=O) groups is 1. The molecule has 0 saturated carbocycles. The van der Waals surface area contributed by atoms with Crippen molar-refractivity contribution in [1.29, 1.82) is 0 Å². The second kappa shape index (κ2) is 7.95. The SMILES string of the molecule is Cc1noc(C)c1CO[C@@H]1COCC[C@H]1NC(=O)c1cncc(Cl)c1. The summed E-state index contributed by atoms with van der Waals surface area (Å²) < 4.78 is 16.6. The lowest BCUT2D eigenvalue weighted by Gasteiger charge is -2.32. The molecule has 1 saturated heterocycles. The summed E-state index contributed by atoms with van der Waals surface area (Å²) in [5.74, 6) is 0.507. The molecule has 1 amide bonds. The van der Waals surface area contributed by atoms with Crippen molar-refractivity contribution in [2.75, 3.05) is 13.2 Å². The van der Waals surface area contributed by atoms with Crippen molar-refractivity contribution >= 4 is 17.5 Å². The highest BCUT2D eigenvalue weighted by Gasteiger charge is 2.29. The fraction of sp³-hybridized carbons (Fsp3) is 0.471. The highest BCUT2D eigenvalue weighted by atomic mass is 35.5. The van der Waals surface area contributed by atoms with Gasteiger partial charge in [-0.1, -0.05) is 16.8 Å². The van der Waals surface area contributed by atoms with Crippen LogP contribution in [-0.4, -0.2) is 41.4 Å². The van der Waals surface area contributed by atoms with E-state index in [9.17, 15) is 4.79 Å². The number of pyridine rings is 1. The summed E-state index contributed by atoms with van der Waals surface area (Å²) in [5, 5.41) is 7.33. The Kier molecular flexibility index (Phi) is 5.67. The predicted octanol–water partition coefficient (Wildman–Crippen LogP) is 2.44. The number of carbonyl (C=O) groups excluding carboxylic acids is 1. The first-order valence-electron chi connectivity index (χ1n) is 8.07. The topological polar surface area (TPSA) is 86.5 Å². The molecule has 8 heteroatoms. The summed E-state index contributed by atoms with van der Waals surface area (Å²) >= 11 is 5.89. The van der Waals surface area contributed by atoms with Crippen molar-refractivity contribution in [3.8, 4) is 0 Å². The molecule has 3 rings (SSSR count). The quantitative estimate of drug-likeness (QED) is 0.875. The van der Waals surface area contributed by atoms with Crippen LogP contribution in [0.5, 0.6) is 0 Å². The van der Waals surface area contributed by atoms with Gasteiger partial charge in [0.25, 0.3) is 5.91 Å². The Labute approximate surface area is 150 Å². The maximum Gasteiger partial charge on any atom is 0.253 e. The Hall–Kier alpha value is -1.96. The summed E-state index contributed by atoms with van der Waals surface area (Å²) in [6, 6.07) is 1.43. The standard InChI is InChI=1S/C17H20ClN3O4/c1-10-14(11(2)25-21-10)8-24-16-9-23-4-3-15(16)20-17(22)12-5-13(18)7-19-6-12/h5-7,15-16H,3-4,8-9H2,1-2H3,(H,20,22)/t15-,16-/m1/s1. The molecule has 1 aliphatic heterocycles. The van der Waals surface area contributed by atoms with Gasteiger partial charge in [0.05, 0.1) is 35.5 Å². The van der Waals surface area contributed by atoms with E-state index in [1.165, 1.54) is 12.4 Å². The number of ether oxygens (including phenoxy) is 2. The van der Waals surface area contributed by atoms with Crippen LogP contribution in [0, 0.1) is 13.8 Å². The molecule has 0 aromatic carbocycles. The number of nitrogens with zero attached hydrogens (tertiary/aromatic N) is 2. The van der Waals surface area contributed by atoms with Gasteiger partial charge in [-0.25, -0.2) is 0 Å². The number of rotatable bonds is 5. The lowest BCUT2D eigenvalue weighted by atomic mass is 10.1. The molecule has 0 spiro atoms. The van der Waals surface area contributed by atoms with Gasteiger partial charge in [0.2, 0.25) is 0 Å². The van der Waals surface area contributed by atoms with Crippen LogP contribution in [-0.2, 0) is 16.1 Å². The molecule has 0 radical (unpaired) electrons. The van der Waals surface area contributed by atoms with Gasteiger partial charge < -0.3 is 19.3 Å². The van der Waals surface area contributed by atoms with Crippen molar-refractivity contribution in [2.24, 2.45) is 0 Å². The lowest BCUT2D eigenvalue weighted by Crippen LogP contribution is -2.50. The molecule has 2 aromatic heterocycles. The Morgan fingerprint density at radius 3 is 3.00 bits per heavy atom. The molecule has 0 unspecified atom stereocenters. The minimum absolute atomic E-state index is 0.152. The molecule has 1 N–H and O–H groups in total. The molecule has 25 heavy (non-hydrogen) atoms. The number of aromatic nitrogens is 2. The minimum atomic E-state index is -0.251. The molecule has 7 nitrogen and oxygen atoms in total. The Bertz CT molecular complexity index is 730. The van der Waals surface area contributed by atoms with Crippen molar-refractivity contribution in [3.05, 3.63) is 46.1 Å². The monoisotopic (exact) mass is 365 g/mol. The number of aryl methyl sites for hydroxylation is 2. The van der Waals surface area contributed by atoms with E-state index in [-0.39, 0.29) is 18.1 Å². The number of nitrogens with one attached hydrogen (secondary N) is 1. The van der Waals surface area contributed by atoms with E-state index in [0.717, 1.165) is 17.0 Å². The molecular weight excluding hydrogens is 346 g/mol. The molecule has 2 atom stereocenters. The van der Waals surface area contributed by atoms with E-state index in [1.54, 1.807) is 6.07 Å². The van der Waals surface area contributed by atoms with Gasteiger partial charge in [-0.05, 0) is 26.3 Å². The summed E-state index contributed by atoms with van der Waals surface area (Å²) in [5.41, 5.74) is 2.15. The Morgan fingerprint density at radius 2 is 2.28 bits per heavy atom. The van der Waals surface area contributed by atoms with Crippen LogP contribution in [0.25, 0.3) is 0 Å². The zero-order chi connectivity index (χ0) is 17.8. The average molecular weight is 366 g/mol. The maximum atomic E-state index is 12.4. The fourth-order valence-corrected chi connectivity index (χ4v) is 2.90. The molecule has 0 aliphatic carbocycles. The zero-order valence-electron chi connectivity index (χ0n) is 14.1. The van der Waals surface area contributed by atoms with Gasteiger partial charge in [-0.2, -0.15) is 0 Å². The molecule has 134 valence electrons. The average Bonchev–Trinajstić information content (AvgIpc) is 2.92. The van der Waals surface area contributed by atoms with Crippen LogP contribution < -0.4 is 5.32 Å². The van der Waals surface area contributed by atoms with Gasteiger partial charge in [0, 0.05) is 24.6 Å². The smallest absolute Gasteiger partial charge is 0.253 e. The lowest BCUT2D eigenvalue weighted by molar-refractivity contribution is -0.0739. The van der Waals surface area contributed by atoms with Gasteiger partial charge in [-0.15, -0.1) is 0 Å². The van der Waals surface area contributed by atoms with E-state index >= 15 is 0 Å². The van der Waals surface area contributed by atoms with Crippen LogP contribution >= 0.6 is 11.6 Å². The number of hydrogen-bond donors (Lipinski definition) is 1. The third-order valence-corrected chi connectivity index (χ3v) is 4.42. The van der Waals surface area contributed by atoms with Gasteiger partial charge in [0.15, 0.2) is 0 Å². The van der Waals surface area contributed by atoms with Crippen molar-refractivity contribution < 1.29 is 18.8 Å². The summed E-state index contributed by atoms with van der Waals surface area (Å²) in [4.78, 5) is 16.4. The third kappa shape index (κ3) is 4.36. The Morgan fingerprint density at radius 1 is 1.44 bits per heavy atom. The van der Waals surface area contributed by atoms with E-state index in [2.05, 4.69) is 15.5 Å². The zero-order valence-corrected chi connectivity index (χ0v) is 14.9. The molecule has 2 aromatic rings. The third-order valence-electron chi connectivity index (χ3n) is 4.21. The van der Waals surface area contributed by atoms with E-state index in [0.29, 0.717) is 36.8 Å².